The maximum atomic E-state index is 13.9. The Labute approximate surface area is 164 Å². The van der Waals surface area contributed by atoms with Crippen LogP contribution in [-0.2, 0) is 0 Å². The summed E-state index contributed by atoms with van der Waals surface area (Å²) in [7, 11) is 3.13. The number of amides is 1. The lowest BCUT2D eigenvalue weighted by Crippen LogP contribution is -2.49. The number of hydrogen-bond acceptors (Lipinski definition) is 5. The molecule has 1 aliphatic heterocycles. The molecular formula is C21H25FN2O4. The first-order valence-electron chi connectivity index (χ1n) is 9.19. The number of aliphatic hydroxyl groups is 1. The number of halogens is 1. The van der Waals surface area contributed by atoms with Crippen LogP contribution in [0.4, 0.5) is 4.39 Å². The Morgan fingerprint density at radius 1 is 1.11 bits per heavy atom. The summed E-state index contributed by atoms with van der Waals surface area (Å²) in [5.74, 6) is 0.444. The summed E-state index contributed by atoms with van der Waals surface area (Å²) in [6.45, 7) is 2.57. The first-order valence-corrected chi connectivity index (χ1v) is 9.19. The van der Waals surface area contributed by atoms with E-state index >= 15 is 0 Å². The van der Waals surface area contributed by atoms with E-state index in [-0.39, 0.29) is 11.5 Å². The fourth-order valence-corrected chi connectivity index (χ4v) is 3.38. The number of benzene rings is 2. The molecule has 1 N–H and O–H groups in total. The fourth-order valence-electron chi connectivity index (χ4n) is 3.38. The lowest BCUT2D eigenvalue weighted by atomic mass is 10.1. The number of carbonyl (C=O) groups is 1. The summed E-state index contributed by atoms with van der Waals surface area (Å²) in [5.41, 5.74) is 0.754. The van der Waals surface area contributed by atoms with Crippen molar-refractivity contribution in [2.75, 3.05) is 46.9 Å². The van der Waals surface area contributed by atoms with E-state index in [4.69, 9.17) is 9.47 Å². The second-order valence-electron chi connectivity index (χ2n) is 6.70. The molecule has 0 aliphatic carbocycles. The first kappa shape index (κ1) is 20.1. The summed E-state index contributed by atoms with van der Waals surface area (Å²) in [6.07, 6.45) is -0.751. The van der Waals surface area contributed by atoms with E-state index < -0.39 is 11.9 Å². The lowest BCUT2D eigenvalue weighted by molar-refractivity contribution is 0.0520. The minimum atomic E-state index is -0.751. The van der Waals surface area contributed by atoms with Gasteiger partial charge in [-0.3, -0.25) is 9.69 Å². The van der Waals surface area contributed by atoms with Gasteiger partial charge in [-0.1, -0.05) is 12.1 Å². The van der Waals surface area contributed by atoms with Crippen LogP contribution in [0.3, 0.4) is 0 Å². The lowest BCUT2D eigenvalue weighted by Gasteiger charge is -2.35. The van der Waals surface area contributed by atoms with Crippen LogP contribution in [0.2, 0.25) is 0 Å². The highest BCUT2D eigenvalue weighted by Crippen LogP contribution is 2.30. The maximum absolute atomic E-state index is 13.9. The van der Waals surface area contributed by atoms with Gasteiger partial charge in [-0.05, 0) is 30.3 Å². The summed E-state index contributed by atoms with van der Waals surface area (Å²) < 4.78 is 24.4. The number of aliphatic hydroxyl groups excluding tert-OH is 1. The second-order valence-corrected chi connectivity index (χ2v) is 6.70. The van der Waals surface area contributed by atoms with Gasteiger partial charge in [0.05, 0.1) is 25.9 Å². The second kappa shape index (κ2) is 9.03. The van der Waals surface area contributed by atoms with Gasteiger partial charge < -0.3 is 19.5 Å². The molecule has 2 aromatic carbocycles. The Hall–Kier alpha value is -2.64. The van der Waals surface area contributed by atoms with Crippen LogP contribution in [0.1, 0.15) is 22.0 Å². The summed E-state index contributed by atoms with van der Waals surface area (Å²) in [5, 5.41) is 10.7. The van der Waals surface area contributed by atoms with Crippen LogP contribution in [0.5, 0.6) is 11.5 Å². The van der Waals surface area contributed by atoms with Gasteiger partial charge >= 0.3 is 0 Å². The minimum Gasteiger partial charge on any atom is -0.497 e. The van der Waals surface area contributed by atoms with Crippen LogP contribution in [-0.4, -0.2) is 67.8 Å². The highest BCUT2D eigenvalue weighted by atomic mass is 19.1. The van der Waals surface area contributed by atoms with Crippen LogP contribution >= 0.6 is 0 Å². The third-order valence-electron chi connectivity index (χ3n) is 4.99. The Balaban J connectivity index is 1.60. The molecule has 0 spiro atoms. The molecule has 150 valence electrons. The number of rotatable bonds is 6. The molecule has 0 aromatic heterocycles. The number of carbonyl (C=O) groups excluding carboxylic acids is 1. The van der Waals surface area contributed by atoms with Crippen molar-refractivity contribution in [2.24, 2.45) is 0 Å². The molecule has 0 bridgehead atoms. The molecule has 0 unspecified atom stereocenters. The molecule has 1 fully saturated rings. The average molecular weight is 388 g/mol. The van der Waals surface area contributed by atoms with E-state index in [0.717, 1.165) is 0 Å². The molecule has 3 rings (SSSR count). The Kier molecular flexibility index (Phi) is 6.49. The van der Waals surface area contributed by atoms with Gasteiger partial charge in [0.25, 0.3) is 5.91 Å². The number of methoxy groups -OCH3 is 2. The van der Waals surface area contributed by atoms with Gasteiger partial charge in [-0.15, -0.1) is 0 Å². The Morgan fingerprint density at radius 2 is 1.82 bits per heavy atom. The number of ether oxygens (including phenoxy) is 2. The van der Waals surface area contributed by atoms with Crippen molar-refractivity contribution in [3.05, 3.63) is 59.4 Å². The van der Waals surface area contributed by atoms with Crippen molar-refractivity contribution in [3.63, 3.8) is 0 Å². The standard InChI is InChI=1S/C21H25FN2O4/c1-27-15-7-8-20(28-2)17(13-15)19(25)14-23-9-11-24(12-10-23)21(26)16-5-3-4-6-18(16)22/h3-8,13,19,25H,9-12,14H2,1-2H3/t19-/m1/s1. The van der Waals surface area contributed by atoms with Crippen molar-refractivity contribution < 1.29 is 23.8 Å². The largest absolute Gasteiger partial charge is 0.497 e. The monoisotopic (exact) mass is 388 g/mol. The zero-order valence-corrected chi connectivity index (χ0v) is 16.1. The van der Waals surface area contributed by atoms with E-state index in [1.807, 2.05) is 0 Å². The Morgan fingerprint density at radius 3 is 2.46 bits per heavy atom. The van der Waals surface area contributed by atoms with E-state index in [0.29, 0.717) is 49.8 Å². The SMILES string of the molecule is COc1ccc(OC)c([C@H](O)CN2CCN(C(=O)c3ccccc3F)CC2)c1. The fraction of sp³-hybridized carbons (Fsp3) is 0.381. The van der Waals surface area contributed by atoms with Crippen LogP contribution < -0.4 is 9.47 Å². The van der Waals surface area contributed by atoms with Crippen molar-refractivity contribution in [3.8, 4) is 11.5 Å². The van der Waals surface area contributed by atoms with Gasteiger partial charge in [-0.25, -0.2) is 4.39 Å². The number of nitrogens with zero attached hydrogens (tertiary/aromatic N) is 2. The van der Waals surface area contributed by atoms with E-state index in [1.165, 1.54) is 12.1 Å². The van der Waals surface area contributed by atoms with Crippen LogP contribution in [0, 0.1) is 5.82 Å². The molecule has 7 heteroatoms. The maximum Gasteiger partial charge on any atom is 0.256 e. The quantitative estimate of drug-likeness (QED) is 0.823. The third-order valence-corrected chi connectivity index (χ3v) is 4.99. The molecule has 0 radical (unpaired) electrons. The first-order chi connectivity index (χ1) is 13.5. The zero-order valence-electron chi connectivity index (χ0n) is 16.1. The highest BCUT2D eigenvalue weighted by molar-refractivity contribution is 5.94. The van der Waals surface area contributed by atoms with Crippen molar-refractivity contribution >= 4 is 5.91 Å². The zero-order chi connectivity index (χ0) is 20.1. The van der Waals surface area contributed by atoms with Crippen molar-refractivity contribution in [1.82, 2.24) is 9.80 Å². The average Bonchev–Trinajstić information content (AvgIpc) is 2.73. The van der Waals surface area contributed by atoms with E-state index in [2.05, 4.69) is 4.90 Å². The molecule has 6 nitrogen and oxygen atoms in total. The number of piperazine rings is 1. The van der Waals surface area contributed by atoms with Gasteiger partial charge in [0.15, 0.2) is 0 Å². The molecule has 1 saturated heterocycles. The topological polar surface area (TPSA) is 62.2 Å². The Bertz CT molecular complexity index is 822. The molecule has 2 aromatic rings. The molecule has 1 aliphatic rings. The molecule has 1 amide bonds. The number of hydrogen-bond donors (Lipinski definition) is 1. The molecule has 1 atom stereocenters. The van der Waals surface area contributed by atoms with Crippen LogP contribution in [0.15, 0.2) is 42.5 Å². The summed E-state index contributed by atoms with van der Waals surface area (Å²) in [6, 6.07) is 11.3. The molecule has 0 saturated carbocycles. The minimum absolute atomic E-state index is 0.0945. The number of β-amino-alcohol motifs (C(OH)–C–C–N with tert-alkyl or cyclic N) is 1. The molecular weight excluding hydrogens is 363 g/mol. The van der Waals surface area contributed by atoms with Gasteiger partial charge in [-0.2, -0.15) is 0 Å². The highest BCUT2D eigenvalue weighted by Gasteiger charge is 2.26. The molecule has 28 heavy (non-hydrogen) atoms. The van der Waals surface area contributed by atoms with E-state index in [1.54, 1.807) is 49.5 Å². The van der Waals surface area contributed by atoms with Gasteiger partial charge in [0.2, 0.25) is 0 Å². The molecule has 1 heterocycles. The van der Waals surface area contributed by atoms with Crippen molar-refractivity contribution in [2.45, 2.75) is 6.10 Å². The van der Waals surface area contributed by atoms with Crippen molar-refractivity contribution in [1.29, 1.82) is 0 Å². The summed E-state index contributed by atoms with van der Waals surface area (Å²) in [4.78, 5) is 16.2. The predicted octanol–water partition coefficient (Wildman–Crippen LogP) is 2.33. The van der Waals surface area contributed by atoms with Crippen LogP contribution in [0.25, 0.3) is 0 Å². The normalized spacial score (nSPS) is 15.9. The summed E-state index contributed by atoms with van der Waals surface area (Å²) >= 11 is 0. The van der Waals surface area contributed by atoms with Gasteiger partial charge in [0.1, 0.15) is 17.3 Å². The smallest absolute Gasteiger partial charge is 0.256 e. The van der Waals surface area contributed by atoms with Gasteiger partial charge in [0, 0.05) is 38.3 Å². The predicted molar refractivity (Wildman–Crippen MR) is 103 cm³/mol. The third kappa shape index (κ3) is 4.43. The van der Waals surface area contributed by atoms with E-state index in [9.17, 15) is 14.3 Å².